The van der Waals surface area contributed by atoms with Crippen LogP contribution in [-0.4, -0.2) is 30.6 Å². The number of carbonyl (C=O) groups is 2. The van der Waals surface area contributed by atoms with Crippen molar-refractivity contribution in [1.82, 2.24) is 0 Å². The van der Waals surface area contributed by atoms with Gasteiger partial charge in [-0.1, -0.05) is 70.5 Å². The predicted molar refractivity (Wildman–Crippen MR) is 180 cm³/mol. The van der Waals surface area contributed by atoms with E-state index >= 15 is 0 Å². The molecule has 0 bridgehead atoms. The normalized spacial score (nSPS) is 19.3. The Kier molecular flexibility index (Phi) is 4.91. The molecule has 2 heterocycles. The van der Waals surface area contributed by atoms with Crippen LogP contribution in [0.4, 0.5) is 11.4 Å². The van der Waals surface area contributed by atoms with E-state index in [9.17, 15) is 9.59 Å². The summed E-state index contributed by atoms with van der Waals surface area (Å²) in [6.07, 6.45) is 1.98. The summed E-state index contributed by atoms with van der Waals surface area (Å²) in [6.45, 7) is 4.44. The molecule has 2 aliphatic heterocycles. The summed E-state index contributed by atoms with van der Waals surface area (Å²) in [5, 5.41) is 5.72. The molecule has 0 N–H and O–H groups in total. The van der Waals surface area contributed by atoms with E-state index in [-0.39, 0.29) is 5.41 Å². The average Bonchev–Trinajstić information content (AvgIpc) is 3.38. The standard InChI is InChI=1S/C38H25BrN2O3/c1-37(2)30-9-4-5-10-31(30)41(3)38(37)19-40-33-24-13-11-20(17-28(24)29-18-21(39)12-14-25(29)36(33)44-38)22-15-16-27-32-23(22)7-6-8-26(32)34(42)35(27)43/h4-19H,1-3H3. The van der Waals surface area contributed by atoms with Gasteiger partial charge in [0.25, 0.3) is 0 Å². The number of carbonyl (C=O) groups excluding carboxylic acids is 2. The minimum atomic E-state index is -0.795. The van der Waals surface area contributed by atoms with E-state index in [0.717, 1.165) is 65.0 Å². The number of ketones is 2. The highest BCUT2D eigenvalue weighted by molar-refractivity contribution is 9.10. The fourth-order valence-electron chi connectivity index (χ4n) is 7.71. The predicted octanol–water partition coefficient (Wildman–Crippen LogP) is 9.17. The van der Waals surface area contributed by atoms with Crippen LogP contribution >= 0.6 is 15.9 Å². The molecule has 3 aliphatic rings. The molecule has 0 aromatic heterocycles. The third-order valence-electron chi connectivity index (χ3n) is 10.0. The highest BCUT2D eigenvalue weighted by atomic mass is 79.9. The fourth-order valence-corrected chi connectivity index (χ4v) is 8.07. The van der Waals surface area contributed by atoms with Crippen LogP contribution < -0.4 is 9.64 Å². The number of benzene rings is 6. The van der Waals surface area contributed by atoms with Gasteiger partial charge in [0.2, 0.25) is 17.3 Å². The van der Waals surface area contributed by atoms with Crippen LogP contribution in [0, 0.1) is 0 Å². The molecule has 6 aromatic carbocycles. The van der Waals surface area contributed by atoms with Gasteiger partial charge in [-0.25, -0.2) is 0 Å². The zero-order chi connectivity index (χ0) is 30.1. The van der Waals surface area contributed by atoms with E-state index in [1.165, 1.54) is 5.56 Å². The number of ether oxygens (including phenoxy) is 1. The second-order valence-corrected chi connectivity index (χ2v) is 13.3. The van der Waals surface area contributed by atoms with Gasteiger partial charge in [-0.05, 0) is 83.1 Å². The SMILES string of the molecule is CN1c2ccccc2C(C)(C)C12C=Nc1c(c3ccc(Br)cc3c3cc(-c4ccc5c6c(cccc46)C(=O)C5=O)ccc13)O2. The van der Waals surface area contributed by atoms with Gasteiger partial charge in [-0.2, -0.15) is 0 Å². The summed E-state index contributed by atoms with van der Waals surface area (Å²) in [5.41, 5.74) is 4.95. The summed E-state index contributed by atoms with van der Waals surface area (Å²) in [7, 11) is 2.08. The van der Waals surface area contributed by atoms with Gasteiger partial charge in [0.05, 0.1) is 11.6 Å². The minimum Gasteiger partial charge on any atom is -0.459 e. The van der Waals surface area contributed by atoms with Crippen LogP contribution in [0.1, 0.15) is 40.1 Å². The molecule has 5 nitrogen and oxygen atoms in total. The first-order valence-corrected chi connectivity index (χ1v) is 15.4. The van der Waals surface area contributed by atoms with Crippen molar-refractivity contribution >= 4 is 77.4 Å². The Bertz CT molecular complexity index is 2350. The van der Waals surface area contributed by atoms with Crippen LogP contribution in [0.2, 0.25) is 0 Å². The number of aliphatic imine (C=N–C) groups is 1. The monoisotopic (exact) mass is 636 g/mol. The van der Waals surface area contributed by atoms with Crippen LogP contribution in [-0.2, 0) is 5.41 Å². The third-order valence-corrected chi connectivity index (χ3v) is 10.5. The van der Waals surface area contributed by atoms with Crippen molar-refractivity contribution in [2.45, 2.75) is 25.0 Å². The Morgan fingerprint density at radius 2 is 1.45 bits per heavy atom. The molecule has 0 radical (unpaired) electrons. The van der Waals surface area contributed by atoms with Crippen LogP contribution in [0.25, 0.3) is 43.4 Å². The van der Waals surface area contributed by atoms with Gasteiger partial charge >= 0.3 is 0 Å². The molecule has 6 heteroatoms. The fraction of sp³-hybridized carbons (Fsp3) is 0.132. The van der Waals surface area contributed by atoms with Crippen molar-refractivity contribution in [3.8, 4) is 16.9 Å². The molecule has 1 unspecified atom stereocenters. The number of rotatable bonds is 1. The molecular formula is C38H25BrN2O3. The second kappa shape index (κ2) is 8.42. The lowest BCUT2D eigenvalue weighted by Gasteiger charge is -2.45. The van der Waals surface area contributed by atoms with Gasteiger partial charge in [-0.15, -0.1) is 0 Å². The maximum Gasteiger partial charge on any atom is 0.234 e. The zero-order valence-electron chi connectivity index (χ0n) is 24.2. The van der Waals surface area contributed by atoms with Crippen LogP contribution in [0.5, 0.6) is 5.75 Å². The van der Waals surface area contributed by atoms with E-state index in [4.69, 9.17) is 9.73 Å². The van der Waals surface area contributed by atoms with E-state index in [2.05, 4.69) is 96.3 Å². The van der Waals surface area contributed by atoms with E-state index < -0.39 is 17.3 Å². The van der Waals surface area contributed by atoms with Gasteiger partial charge in [0.15, 0.2) is 5.75 Å². The Morgan fingerprint density at radius 1 is 0.727 bits per heavy atom. The lowest BCUT2D eigenvalue weighted by molar-refractivity contribution is 0.0825. The van der Waals surface area contributed by atoms with Crippen molar-refractivity contribution < 1.29 is 14.3 Å². The lowest BCUT2D eigenvalue weighted by Crippen LogP contribution is -2.61. The number of hydrogen-bond acceptors (Lipinski definition) is 5. The van der Waals surface area contributed by atoms with E-state index in [1.807, 2.05) is 30.5 Å². The number of likely N-dealkylation sites (N-methyl/N-ethyl adjacent to an activating group) is 1. The first kappa shape index (κ1) is 25.7. The number of hydrogen-bond donors (Lipinski definition) is 0. The Morgan fingerprint density at radius 3 is 2.27 bits per heavy atom. The van der Waals surface area contributed by atoms with E-state index in [1.54, 1.807) is 12.1 Å². The quantitative estimate of drug-likeness (QED) is 0.133. The lowest BCUT2D eigenvalue weighted by atomic mass is 9.77. The summed E-state index contributed by atoms with van der Waals surface area (Å²) in [6, 6.07) is 30.5. The first-order valence-electron chi connectivity index (χ1n) is 14.6. The number of fused-ring (bicyclic) bond motifs is 7. The number of nitrogens with zero attached hydrogens (tertiary/aromatic N) is 2. The zero-order valence-corrected chi connectivity index (χ0v) is 25.8. The van der Waals surface area contributed by atoms with Crippen LogP contribution in [0.15, 0.2) is 100 Å². The molecule has 1 aliphatic carbocycles. The molecule has 44 heavy (non-hydrogen) atoms. The van der Waals surface area contributed by atoms with Crippen molar-refractivity contribution in [2.24, 2.45) is 4.99 Å². The Balaban J connectivity index is 1.29. The topological polar surface area (TPSA) is 59.0 Å². The Labute approximate surface area is 261 Å². The molecule has 0 amide bonds. The minimum absolute atomic E-state index is 0.363. The first-order chi connectivity index (χ1) is 21.2. The number of halogens is 1. The van der Waals surface area contributed by atoms with Gasteiger partial charge in [0.1, 0.15) is 5.69 Å². The summed E-state index contributed by atoms with van der Waals surface area (Å²) >= 11 is 3.71. The molecule has 6 aromatic rings. The largest absolute Gasteiger partial charge is 0.459 e. The van der Waals surface area contributed by atoms with Gasteiger partial charge < -0.3 is 9.64 Å². The molecule has 0 fully saturated rings. The third kappa shape index (κ3) is 3.01. The molecule has 0 saturated heterocycles. The maximum absolute atomic E-state index is 12.7. The van der Waals surface area contributed by atoms with Crippen molar-refractivity contribution in [1.29, 1.82) is 0 Å². The number of Topliss-reactive ketones (excluding diaryl/α,β-unsaturated/α-hetero) is 2. The second-order valence-electron chi connectivity index (χ2n) is 12.4. The smallest absolute Gasteiger partial charge is 0.234 e. The van der Waals surface area contributed by atoms with Gasteiger partial charge in [-0.3, -0.25) is 14.6 Å². The molecule has 0 saturated carbocycles. The molecule has 9 rings (SSSR count). The molecule has 1 atom stereocenters. The van der Waals surface area contributed by atoms with Crippen LogP contribution in [0.3, 0.4) is 0 Å². The highest BCUT2D eigenvalue weighted by Crippen LogP contribution is 2.56. The summed E-state index contributed by atoms with van der Waals surface area (Å²) < 4.78 is 8.15. The molecule has 1 spiro atoms. The van der Waals surface area contributed by atoms with Crippen molar-refractivity contribution in [2.75, 3.05) is 11.9 Å². The number of anilines is 1. The van der Waals surface area contributed by atoms with Crippen molar-refractivity contribution in [3.63, 3.8) is 0 Å². The highest BCUT2D eigenvalue weighted by Gasteiger charge is 2.58. The van der Waals surface area contributed by atoms with E-state index in [0.29, 0.717) is 11.1 Å². The summed E-state index contributed by atoms with van der Waals surface area (Å²) in [5.74, 6) is -0.0950. The van der Waals surface area contributed by atoms with Crippen molar-refractivity contribution in [3.05, 3.63) is 112 Å². The number of para-hydroxylation sites is 1. The van der Waals surface area contributed by atoms with Gasteiger partial charge in [0, 0.05) is 44.5 Å². The molecule has 212 valence electrons. The maximum atomic E-state index is 12.7. The molecular weight excluding hydrogens is 612 g/mol. The average molecular weight is 638 g/mol. The Hall–Kier alpha value is -4.81. The summed E-state index contributed by atoms with van der Waals surface area (Å²) in [4.78, 5) is 32.7.